The van der Waals surface area contributed by atoms with Crippen LogP contribution in [0.1, 0.15) is 35.0 Å². The second-order valence-corrected chi connectivity index (χ2v) is 7.54. The highest BCUT2D eigenvalue weighted by Gasteiger charge is 2.29. The molecule has 1 aliphatic rings. The largest absolute Gasteiger partial charge is 0.497 e. The normalized spacial score (nSPS) is 14.6. The molecule has 3 heterocycles. The Bertz CT molecular complexity index is 994. The van der Waals surface area contributed by atoms with E-state index in [4.69, 9.17) is 14.2 Å². The third kappa shape index (κ3) is 3.98. The van der Waals surface area contributed by atoms with Crippen LogP contribution in [0.15, 0.2) is 47.2 Å². The van der Waals surface area contributed by atoms with Crippen molar-refractivity contribution in [2.45, 2.75) is 18.8 Å². The molecular weight excluding hydrogens is 382 g/mol. The van der Waals surface area contributed by atoms with Gasteiger partial charge in [0, 0.05) is 50.9 Å². The second-order valence-electron chi connectivity index (χ2n) is 7.54. The number of carbonyl (C=O) groups is 1. The van der Waals surface area contributed by atoms with Gasteiger partial charge in [0.15, 0.2) is 0 Å². The first-order chi connectivity index (χ1) is 14.6. The van der Waals surface area contributed by atoms with Gasteiger partial charge in [-0.3, -0.25) is 4.79 Å². The van der Waals surface area contributed by atoms with Crippen LogP contribution >= 0.6 is 0 Å². The van der Waals surface area contributed by atoms with E-state index in [9.17, 15) is 4.79 Å². The highest BCUT2D eigenvalue weighted by molar-refractivity contribution is 5.91. The van der Waals surface area contributed by atoms with Gasteiger partial charge in [0.25, 0.3) is 5.91 Å². The molecule has 0 radical (unpaired) electrons. The van der Waals surface area contributed by atoms with Gasteiger partial charge in [-0.2, -0.15) is 0 Å². The van der Waals surface area contributed by atoms with Gasteiger partial charge in [0.2, 0.25) is 11.7 Å². The van der Waals surface area contributed by atoms with Crippen LogP contribution in [0.4, 0.5) is 5.95 Å². The lowest BCUT2D eigenvalue weighted by Gasteiger charge is -2.32. The average molecular weight is 407 g/mol. The van der Waals surface area contributed by atoms with Crippen LogP contribution in [0, 0.1) is 0 Å². The molecule has 4 rings (SSSR count). The molecular formula is C22H25N5O3. The number of benzene rings is 1. The van der Waals surface area contributed by atoms with Crippen molar-refractivity contribution >= 4 is 11.9 Å². The fourth-order valence-corrected chi connectivity index (χ4v) is 3.74. The first-order valence-electron chi connectivity index (χ1n) is 9.95. The summed E-state index contributed by atoms with van der Waals surface area (Å²) in [5.74, 6) is 1.90. The Balaban J connectivity index is 1.59. The summed E-state index contributed by atoms with van der Waals surface area (Å²) in [7, 11) is 5.53. The first-order valence-corrected chi connectivity index (χ1v) is 9.95. The molecule has 8 heteroatoms. The smallest absolute Gasteiger partial charge is 0.292 e. The predicted molar refractivity (Wildman–Crippen MR) is 113 cm³/mol. The second kappa shape index (κ2) is 8.52. The number of amides is 1. The quantitative estimate of drug-likeness (QED) is 0.642. The van der Waals surface area contributed by atoms with Gasteiger partial charge in [-0.25, -0.2) is 9.97 Å². The van der Waals surface area contributed by atoms with Crippen molar-refractivity contribution in [2.75, 3.05) is 39.2 Å². The lowest BCUT2D eigenvalue weighted by Crippen LogP contribution is -2.38. The highest BCUT2D eigenvalue weighted by atomic mass is 16.5. The molecule has 1 aliphatic heterocycles. The predicted octanol–water partition coefficient (Wildman–Crippen LogP) is 3.23. The Morgan fingerprint density at radius 3 is 2.50 bits per heavy atom. The van der Waals surface area contributed by atoms with Gasteiger partial charge >= 0.3 is 0 Å². The zero-order valence-electron chi connectivity index (χ0n) is 17.4. The minimum Gasteiger partial charge on any atom is -0.497 e. The van der Waals surface area contributed by atoms with Gasteiger partial charge in [-0.15, -0.1) is 0 Å². The molecule has 1 saturated heterocycles. The topological polar surface area (TPSA) is 84.6 Å². The molecule has 1 amide bonds. The molecule has 8 nitrogen and oxygen atoms in total. The minimum atomic E-state index is -0.113. The molecule has 0 atom stereocenters. The molecule has 30 heavy (non-hydrogen) atoms. The van der Waals surface area contributed by atoms with Gasteiger partial charge in [0.05, 0.1) is 19.0 Å². The molecule has 0 unspecified atom stereocenters. The Labute approximate surface area is 175 Å². The summed E-state index contributed by atoms with van der Waals surface area (Å²) in [6.07, 6.45) is 5.04. The number of hydrogen-bond donors (Lipinski definition) is 0. The van der Waals surface area contributed by atoms with E-state index < -0.39 is 0 Å². The summed E-state index contributed by atoms with van der Waals surface area (Å²) in [4.78, 5) is 25.7. The fraction of sp³-hybridized carbons (Fsp3) is 0.364. The van der Waals surface area contributed by atoms with E-state index in [0.717, 1.165) is 35.4 Å². The molecule has 0 spiro atoms. The van der Waals surface area contributed by atoms with Crippen LogP contribution in [0.3, 0.4) is 0 Å². The van der Waals surface area contributed by atoms with Crippen molar-refractivity contribution in [3.63, 3.8) is 0 Å². The minimum absolute atomic E-state index is 0.113. The molecule has 156 valence electrons. The zero-order valence-corrected chi connectivity index (χ0v) is 17.4. The van der Waals surface area contributed by atoms with E-state index in [1.54, 1.807) is 13.2 Å². The zero-order chi connectivity index (χ0) is 21.1. The third-order valence-electron chi connectivity index (χ3n) is 5.42. The van der Waals surface area contributed by atoms with E-state index in [2.05, 4.69) is 10.1 Å². The lowest BCUT2D eigenvalue weighted by molar-refractivity contribution is 0.0670. The molecule has 3 aromatic rings. The van der Waals surface area contributed by atoms with Gasteiger partial charge in [-0.1, -0.05) is 17.3 Å². The standard InChI is InChI=1S/C22H25N5O3/c1-26(2)22-23-14-18(15-4-6-17(29-3)7-5-15)20(25-22)16-9-12-27(13-10-16)21(28)19-8-11-24-30-19/h4-8,11,14,16H,9-10,12-13H2,1-3H3. The molecule has 0 saturated carbocycles. The fourth-order valence-electron chi connectivity index (χ4n) is 3.74. The summed E-state index contributed by atoms with van der Waals surface area (Å²) < 4.78 is 10.3. The Morgan fingerprint density at radius 1 is 1.17 bits per heavy atom. The highest BCUT2D eigenvalue weighted by Crippen LogP contribution is 2.35. The van der Waals surface area contributed by atoms with Crippen LogP contribution in [0.25, 0.3) is 11.1 Å². The van der Waals surface area contributed by atoms with Crippen LogP contribution in [0.5, 0.6) is 5.75 Å². The molecule has 2 aromatic heterocycles. The van der Waals surface area contributed by atoms with Crippen molar-refractivity contribution in [2.24, 2.45) is 0 Å². The number of piperidine rings is 1. The monoisotopic (exact) mass is 407 g/mol. The summed E-state index contributed by atoms with van der Waals surface area (Å²) >= 11 is 0. The van der Waals surface area contributed by atoms with E-state index in [1.165, 1.54) is 6.20 Å². The summed E-state index contributed by atoms with van der Waals surface area (Å²) in [5.41, 5.74) is 3.09. The van der Waals surface area contributed by atoms with Crippen LogP contribution in [-0.4, -0.2) is 60.2 Å². The maximum absolute atomic E-state index is 12.5. The Morgan fingerprint density at radius 2 is 1.90 bits per heavy atom. The SMILES string of the molecule is COc1ccc(-c2cnc(N(C)C)nc2C2CCN(C(=O)c3ccno3)CC2)cc1. The maximum atomic E-state index is 12.5. The maximum Gasteiger partial charge on any atom is 0.292 e. The Hall–Kier alpha value is -3.42. The van der Waals surface area contributed by atoms with Crippen molar-refractivity contribution in [1.82, 2.24) is 20.0 Å². The van der Waals surface area contributed by atoms with Crippen LogP contribution in [-0.2, 0) is 0 Å². The van der Waals surface area contributed by atoms with Crippen molar-refractivity contribution in [1.29, 1.82) is 0 Å². The summed E-state index contributed by atoms with van der Waals surface area (Å²) in [6.45, 7) is 1.29. The van der Waals surface area contributed by atoms with E-state index >= 15 is 0 Å². The number of rotatable bonds is 5. The van der Waals surface area contributed by atoms with Crippen LogP contribution in [0.2, 0.25) is 0 Å². The molecule has 0 aliphatic carbocycles. The van der Waals surface area contributed by atoms with E-state index in [1.807, 2.05) is 54.4 Å². The number of aromatic nitrogens is 3. The van der Waals surface area contributed by atoms with Crippen LogP contribution < -0.4 is 9.64 Å². The molecule has 0 N–H and O–H groups in total. The molecule has 1 aromatic carbocycles. The van der Waals surface area contributed by atoms with Gasteiger partial charge in [0.1, 0.15) is 5.75 Å². The van der Waals surface area contributed by atoms with Gasteiger partial charge < -0.3 is 19.1 Å². The number of ether oxygens (including phenoxy) is 1. The van der Waals surface area contributed by atoms with Crippen molar-refractivity contribution in [3.8, 4) is 16.9 Å². The van der Waals surface area contributed by atoms with Crippen molar-refractivity contribution < 1.29 is 14.1 Å². The number of hydrogen-bond acceptors (Lipinski definition) is 7. The van der Waals surface area contributed by atoms with Gasteiger partial charge in [-0.05, 0) is 30.5 Å². The number of anilines is 1. The van der Waals surface area contributed by atoms with E-state index in [-0.39, 0.29) is 17.6 Å². The first kappa shape index (κ1) is 19.9. The third-order valence-corrected chi connectivity index (χ3v) is 5.42. The number of carbonyl (C=O) groups excluding carboxylic acids is 1. The lowest BCUT2D eigenvalue weighted by atomic mass is 9.89. The number of likely N-dealkylation sites (tertiary alicyclic amines) is 1. The summed E-state index contributed by atoms with van der Waals surface area (Å²) in [5, 5.41) is 3.63. The average Bonchev–Trinajstić information content (AvgIpc) is 3.33. The number of methoxy groups -OCH3 is 1. The molecule has 0 bridgehead atoms. The molecule has 1 fully saturated rings. The van der Waals surface area contributed by atoms with E-state index in [0.29, 0.717) is 19.0 Å². The summed E-state index contributed by atoms with van der Waals surface area (Å²) in [6, 6.07) is 9.54. The number of nitrogens with zero attached hydrogens (tertiary/aromatic N) is 5. The Kier molecular flexibility index (Phi) is 5.65. The van der Waals surface area contributed by atoms with Crippen molar-refractivity contribution in [3.05, 3.63) is 54.2 Å².